The topological polar surface area (TPSA) is 74.3 Å². The Bertz CT molecular complexity index is 1100. The highest BCUT2D eigenvalue weighted by Crippen LogP contribution is 2.35. The van der Waals surface area contributed by atoms with Crippen LogP contribution in [0.2, 0.25) is 0 Å². The van der Waals surface area contributed by atoms with Gasteiger partial charge in [0.15, 0.2) is 0 Å². The van der Waals surface area contributed by atoms with Gasteiger partial charge >= 0.3 is 0 Å². The minimum absolute atomic E-state index is 0.705. The molecule has 0 spiro atoms. The summed E-state index contributed by atoms with van der Waals surface area (Å²) >= 11 is 0. The second-order valence-corrected chi connectivity index (χ2v) is 7.73. The summed E-state index contributed by atoms with van der Waals surface area (Å²) in [5, 5.41) is 3.58. The molecule has 2 aromatic rings. The molecule has 166 valence electrons. The first kappa shape index (κ1) is 21.7. The summed E-state index contributed by atoms with van der Waals surface area (Å²) < 4.78 is 12.8. The molecule has 0 aliphatic carbocycles. The molecule has 0 fully saturated rings. The van der Waals surface area contributed by atoms with E-state index < -0.39 is 0 Å². The van der Waals surface area contributed by atoms with Crippen LogP contribution in [-0.2, 0) is 13.1 Å². The molecule has 6 heteroatoms. The van der Waals surface area contributed by atoms with Gasteiger partial charge in [0.1, 0.15) is 17.3 Å². The summed E-state index contributed by atoms with van der Waals surface area (Å²) in [5.74, 6) is 2.68. The standard InChI is InChI=1S/C26H30N4O2/c1-31-21-9-5-19(6-10-21)18-28-24-13-16-30(15-4-3-14-27)26-23(24)17-25(29-26)20-7-11-22(32-2)12-8-20/h5-13,16-17,28H,3-4,14-15,18,27H2,1-2H3. The van der Waals surface area contributed by atoms with Crippen molar-refractivity contribution in [2.45, 2.75) is 25.9 Å². The number of ether oxygens (including phenoxy) is 2. The van der Waals surface area contributed by atoms with E-state index in [0.717, 1.165) is 65.8 Å². The summed E-state index contributed by atoms with van der Waals surface area (Å²) in [6, 6.07) is 20.4. The van der Waals surface area contributed by atoms with Crippen LogP contribution in [0.25, 0.3) is 22.6 Å². The van der Waals surface area contributed by atoms with Gasteiger partial charge in [-0.2, -0.15) is 0 Å². The van der Waals surface area contributed by atoms with Crippen molar-refractivity contribution in [3.05, 3.63) is 72.4 Å². The smallest absolute Gasteiger partial charge is 0.142 e. The van der Waals surface area contributed by atoms with E-state index in [1.165, 1.54) is 5.56 Å². The summed E-state index contributed by atoms with van der Waals surface area (Å²) in [4.78, 5) is 4.99. The number of nitrogens with two attached hydrogens (primary N) is 1. The molecule has 2 aliphatic rings. The Morgan fingerprint density at radius 2 is 1.59 bits per heavy atom. The zero-order valence-electron chi connectivity index (χ0n) is 18.7. The lowest BCUT2D eigenvalue weighted by Gasteiger charge is -2.16. The Morgan fingerprint density at radius 3 is 2.25 bits per heavy atom. The van der Waals surface area contributed by atoms with Gasteiger partial charge in [-0.05, 0) is 73.5 Å². The number of rotatable bonds is 10. The number of hydrogen-bond donors (Lipinski definition) is 2. The largest absolute Gasteiger partial charge is 0.497 e. The van der Waals surface area contributed by atoms with Gasteiger partial charge in [0.25, 0.3) is 0 Å². The minimum Gasteiger partial charge on any atom is -0.497 e. The van der Waals surface area contributed by atoms with E-state index in [2.05, 4.69) is 40.3 Å². The third kappa shape index (κ3) is 4.86. The molecule has 6 nitrogen and oxygen atoms in total. The van der Waals surface area contributed by atoms with Crippen molar-refractivity contribution in [2.75, 3.05) is 26.1 Å². The fourth-order valence-corrected chi connectivity index (χ4v) is 3.76. The van der Waals surface area contributed by atoms with E-state index in [9.17, 15) is 0 Å². The van der Waals surface area contributed by atoms with Crippen LogP contribution in [0.5, 0.6) is 11.5 Å². The third-order valence-corrected chi connectivity index (χ3v) is 5.61. The van der Waals surface area contributed by atoms with Crippen LogP contribution in [0.4, 0.5) is 5.69 Å². The van der Waals surface area contributed by atoms with Crippen LogP contribution in [0.15, 0.2) is 66.9 Å². The number of nitrogens with one attached hydrogen (secondary N) is 1. The third-order valence-electron chi connectivity index (χ3n) is 5.61. The molecule has 4 rings (SSSR count). The molecule has 0 unspecified atom stereocenters. The van der Waals surface area contributed by atoms with Crippen molar-refractivity contribution in [3.8, 4) is 34.1 Å². The number of nitrogens with zero attached hydrogens (tertiary/aromatic N) is 2. The van der Waals surface area contributed by atoms with E-state index >= 15 is 0 Å². The number of benzene rings is 2. The molecular formula is C26H30N4O2. The van der Waals surface area contributed by atoms with Gasteiger partial charge in [-0.3, -0.25) is 0 Å². The SMILES string of the molecule is COc1ccc(CNc2ccn(CCCCN)c3nc(-c4ccc(OC)cc4)cc2-3)cc1. The molecule has 0 bridgehead atoms. The van der Waals surface area contributed by atoms with E-state index in [1.807, 2.05) is 36.4 Å². The fraction of sp³-hybridized carbons (Fsp3) is 0.269. The Labute approximate surface area is 189 Å². The molecule has 0 aromatic heterocycles. The first-order valence-electron chi connectivity index (χ1n) is 10.9. The minimum atomic E-state index is 0.705. The number of pyridine rings is 1. The lowest BCUT2D eigenvalue weighted by Crippen LogP contribution is -2.09. The molecule has 0 saturated carbocycles. The summed E-state index contributed by atoms with van der Waals surface area (Å²) in [5.41, 5.74) is 11.1. The normalized spacial score (nSPS) is 11.0. The lowest BCUT2D eigenvalue weighted by molar-refractivity contribution is 0.414. The lowest BCUT2D eigenvalue weighted by atomic mass is 10.1. The van der Waals surface area contributed by atoms with Gasteiger partial charge in [0.2, 0.25) is 0 Å². The summed E-state index contributed by atoms with van der Waals surface area (Å²) in [6.07, 6.45) is 4.14. The van der Waals surface area contributed by atoms with Gasteiger partial charge < -0.3 is 25.1 Å². The molecule has 3 N–H and O–H groups in total. The number of hydrogen-bond acceptors (Lipinski definition) is 5. The van der Waals surface area contributed by atoms with Crippen molar-refractivity contribution in [1.82, 2.24) is 9.55 Å². The highest BCUT2D eigenvalue weighted by molar-refractivity contribution is 5.81. The van der Waals surface area contributed by atoms with E-state index in [-0.39, 0.29) is 0 Å². The van der Waals surface area contributed by atoms with Gasteiger partial charge in [-0.1, -0.05) is 12.1 Å². The molecule has 0 amide bonds. The number of unbranched alkanes of at least 4 members (excludes halogenated alkanes) is 1. The number of aromatic nitrogens is 2. The highest BCUT2D eigenvalue weighted by atomic mass is 16.5. The molecule has 2 heterocycles. The zero-order valence-corrected chi connectivity index (χ0v) is 18.7. The van der Waals surface area contributed by atoms with Gasteiger partial charge in [-0.25, -0.2) is 4.98 Å². The van der Waals surface area contributed by atoms with Crippen LogP contribution in [0.3, 0.4) is 0 Å². The number of fused-ring (bicyclic) bond motifs is 1. The maximum atomic E-state index is 5.69. The van der Waals surface area contributed by atoms with Crippen LogP contribution in [0, 0.1) is 0 Å². The van der Waals surface area contributed by atoms with Crippen molar-refractivity contribution in [1.29, 1.82) is 0 Å². The molecular weight excluding hydrogens is 400 g/mol. The van der Waals surface area contributed by atoms with Crippen LogP contribution < -0.4 is 20.5 Å². The van der Waals surface area contributed by atoms with Crippen LogP contribution in [-0.4, -0.2) is 30.3 Å². The Hall–Kier alpha value is -3.51. The molecule has 2 aromatic carbocycles. The second-order valence-electron chi connectivity index (χ2n) is 7.73. The first-order valence-corrected chi connectivity index (χ1v) is 10.9. The van der Waals surface area contributed by atoms with Gasteiger partial charge in [0, 0.05) is 36.1 Å². The maximum absolute atomic E-state index is 5.69. The summed E-state index contributed by atoms with van der Waals surface area (Å²) in [7, 11) is 3.36. The Morgan fingerprint density at radius 1 is 0.906 bits per heavy atom. The Kier molecular flexibility index (Phi) is 6.92. The number of anilines is 1. The predicted molar refractivity (Wildman–Crippen MR) is 129 cm³/mol. The average molecular weight is 431 g/mol. The molecule has 0 radical (unpaired) electrons. The zero-order chi connectivity index (χ0) is 22.3. The quantitative estimate of drug-likeness (QED) is 0.346. The molecule has 0 saturated heterocycles. The molecule has 2 aliphatic heterocycles. The predicted octanol–water partition coefficient (Wildman–Crippen LogP) is 5.02. The van der Waals surface area contributed by atoms with Gasteiger partial charge in [0.05, 0.1) is 19.9 Å². The van der Waals surface area contributed by atoms with Crippen LogP contribution in [0.1, 0.15) is 18.4 Å². The highest BCUT2D eigenvalue weighted by Gasteiger charge is 2.18. The van der Waals surface area contributed by atoms with E-state index in [4.69, 9.17) is 20.2 Å². The maximum Gasteiger partial charge on any atom is 0.142 e. The van der Waals surface area contributed by atoms with Crippen molar-refractivity contribution >= 4 is 5.69 Å². The van der Waals surface area contributed by atoms with Crippen molar-refractivity contribution in [3.63, 3.8) is 0 Å². The number of methoxy groups -OCH3 is 2. The average Bonchev–Trinajstić information content (AvgIpc) is 3.30. The molecule has 0 atom stereocenters. The second kappa shape index (κ2) is 10.2. The summed E-state index contributed by atoms with van der Waals surface area (Å²) in [6.45, 7) is 2.32. The first-order chi connectivity index (χ1) is 15.7. The van der Waals surface area contributed by atoms with Crippen molar-refractivity contribution in [2.24, 2.45) is 5.73 Å². The number of aryl methyl sites for hydroxylation is 1. The Balaban J connectivity index is 1.63. The van der Waals surface area contributed by atoms with Gasteiger partial charge in [-0.15, -0.1) is 0 Å². The van der Waals surface area contributed by atoms with Crippen LogP contribution >= 0.6 is 0 Å². The van der Waals surface area contributed by atoms with E-state index in [0.29, 0.717) is 6.54 Å². The molecule has 32 heavy (non-hydrogen) atoms. The monoisotopic (exact) mass is 430 g/mol. The van der Waals surface area contributed by atoms with E-state index in [1.54, 1.807) is 14.2 Å². The van der Waals surface area contributed by atoms with Crippen molar-refractivity contribution < 1.29 is 9.47 Å². The fourth-order valence-electron chi connectivity index (χ4n) is 3.76.